The van der Waals surface area contributed by atoms with Crippen LogP contribution >= 0.6 is 11.3 Å². The normalized spacial score (nSPS) is 24.0. The van der Waals surface area contributed by atoms with E-state index in [1.807, 2.05) is 60.1 Å². The molecule has 2 unspecified atom stereocenters. The molecule has 3 aromatic heterocycles. The second-order valence-electron chi connectivity index (χ2n) is 29.0. The number of benzene rings is 4. The Morgan fingerprint density at radius 1 is 0.781 bits per heavy atom. The van der Waals surface area contributed by atoms with Crippen LogP contribution < -0.4 is 20.7 Å². The number of imide groups is 1. The number of thiazole rings is 1. The summed E-state index contributed by atoms with van der Waals surface area (Å²) in [6.45, 7) is 6.20. The second kappa shape index (κ2) is 30.7. The van der Waals surface area contributed by atoms with E-state index in [9.17, 15) is 76.9 Å². The van der Waals surface area contributed by atoms with Gasteiger partial charge in [0.15, 0.2) is 10.8 Å². The van der Waals surface area contributed by atoms with Crippen molar-refractivity contribution < 1.29 is 91.1 Å². The van der Waals surface area contributed by atoms with Gasteiger partial charge in [0, 0.05) is 92.1 Å². The van der Waals surface area contributed by atoms with Crippen LogP contribution in [0.3, 0.4) is 0 Å². The van der Waals surface area contributed by atoms with Crippen LogP contribution in [0.15, 0.2) is 115 Å². The molecule has 6 amide bonds. The minimum absolute atomic E-state index is 0.0118. The van der Waals surface area contributed by atoms with Gasteiger partial charge in [-0.1, -0.05) is 80.1 Å². The minimum atomic E-state index is -4.55. The van der Waals surface area contributed by atoms with Crippen molar-refractivity contribution in [1.29, 1.82) is 0 Å². The number of aliphatic hydroxyl groups excluding tert-OH is 3. The van der Waals surface area contributed by atoms with E-state index < -0.39 is 88.7 Å². The summed E-state index contributed by atoms with van der Waals surface area (Å²) in [5.74, 6) is -7.06. The molecular formula is C75H83N9O19S2. The molecule has 7 atom stereocenters. The molecule has 0 spiro atoms. The van der Waals surface area contributed by atoms with E-state index in [1.54, 1.807) is 30.5 Å². The van der Waals surface area contributed by atoms with Crippen LogP contribution in [0.1, 0.15) is 123 Å². The van der Waals surface area contributed by atoms with Crippen LogP contribution in [-0.2, 0) is 50.1 Å². The fourth-order valence-electron chi connectivity index (χ4n) is 16.9. The first-order valence-electron chi connectivity index (χ1n) is 34.8. The number of carbonyl (C=O) groups is 8. The van der Waals surface area contributed by atoms with E-state index in [2.05, 4.69) is 34.8 Å². The monoisotopic (exact) mass is 1480 g/mol. The Morgan fingerprint density at radius 3 is 2.28 bits per heavy atom. The average Bonchev–Trinajstić information content (AvgIpc) is 0.856. The van der Waals surface area contributed by atoms with Crippen LogP contribution in [0.5, 0.6) is 5.75 Å². The Kier molecular flexibility index (Phi) is 21.9. The van der Waals surface area contributed by atoms with E-state index in [0.29, 0.717) is 76.3 Å². The summed E-state index contributed by atoms with van der Waals surface area (Å²) in [6.07, 6.45) is 5.20. The number of aliphatic hydroxyl groups is 3. The molecule has 13 rings (SSSR count). The summed E-state index contributed by atoms with van der Waals surface area (Å²) >= 11 is 1.37. The van der Waals surface area contributed by atoms with Gasteiger partial charge in [0.05, 0.1) is 57.8 Å². The molecule has 30 heteroatoms. The molecule has 0 radical (unpaired) electrons. The minimum Gasteiger partial charge on any atom is -0.485 e. The Hall–Kier alpha value is -9.82. The first-order chi connectivity index (χ1) is 50.0. The lowest BCUT2D eigenvalue weighted by Crippen LogP contribution is -2.64. The lowest BCUT2D eigenvalue weighted by molar-refractivity contribution is -0.248. The molecule has 6 aliphatic rings. The molecule has 5 fully saturated rings. The molecule has 4 aromatic carbocycles. The number of amides is 6. The number of para-hydroxylation sites is 1. The predicted octanol–water partition coefficient (Wildman–Crippen LogP) is 8.67. The van der Waals surface area contributed by atoms with Gasteiger partial charge < -0.3 is 55.3 Å². The maximum Gasteiger partial charge on any atom is 0.410 e. The highest BCUT2D eigenvalue weighted by molar-refractivity contribution is 7.85. The Labute approximate surface area is 608 Å². The zero-order valence-corrected chi connectivity index (χ0v) is 59.7. The number of anilines is 2. The Balaban J connectivity index is 0.686. The summed E-state index contributed by atoms with van der Waals surface area (Å²) < 4.78 is 55.6. The molecule has 554 valence electrons. The lowest BCUT2D eigenvalue weighted by Gasteiger charge is -2.69. The fraction of sp³-hybridized carbons (Fsp3) is 0.427. The number of pyridine rings is 1. The van der Waals surface area contributed by atoms with Gasteiger partial charge >= 0.3 is 18.0 Å². The molecule has 1 aliphatic heterocycles. The quantitative estimate of drug-likeness (QED) is 0.0115. The number of hydrogen-bond acceptors (Lipinski definition) is 20. The number of unbranched alkanes of at least 4 members (excludes halogenated alkanes) is 2. The van der Waals surface area contributed by atoms with Crippen molar-refractivity contribution in [3.63, 3.8) is 0 Å². The largest absolute Gasteiger partial charge is 0.485 e. The van der Waals surface area contributed by atoms with Gasteiger partial charge in [-0.15, -0.1) is 0 Å². The van der Waals surface area contributed by atoms with Crippen LogP contribution in [0.25, 0.3) is 49.4 Å². The van der Waals surface area contributed by atoms with Crippen molar-refractivity contribution in [2.24, 2.45) is 22.2 Å². The molecule has 4 bridgehead atoms. The molecular weight excluding hydrogens is 1400 g/mol. The number of aliphatic carboxylic acids is 1. The highest BCUT2D eigenvalue weighted by Gasteiger charge is 2.66. The lowest BCUT2D eigenvalue weighted by atomic mass is 9.39. The highest BCUT2D eigenvalue weighted by Crippen LogP contribution is 2.72. The number of carboxylic acid groups (broad SMARTS) is 2. The fourth-order valence-corrected chi connectivity index (χ4v) is 18.2. The second-order valence-corrected chi connectivity index (χ2v) is 31.6. The van der Waals surface area contributed by atoms with Crippen LogP contribution in [-0.4, -0.2) is 191 Å². The van der Waals surface area contributed by atoms with E-state index >= 15 is 0 Å². The molecule has 7 aromatic rings. The summed E-state index contributed by atoms with van der Waals surface area (Å²) in [5.41, 5.74) is 2.92. The number of aromatic carboxylic acids is 1. The van der Waals surface area contributed by atoms with Crippen molar-refractivity contribution in [3.05, 3.63) is 138 Å². The number of nitrogens with one attached hydrogen (secondary N) is 3. The highest BCUT2D eigenvalue weighted by atomic mass is 32.2. The number of hydrogen-bond donors (Lipinski definition) is 9. The van der Waals surface area contributed by atoms with E-state index in [-0.39, 0.29) is 103 Å². The molecule has 5 saturated carbocycles. The summed E-state index contributed by atoms with van der Waals surface area (Å²) in [7, 11) is -4.55. The third kappa shape index (κ3) is 17.3. The number of ether oxygens (including phenoxy) is 3. The van der Waals surface area contributed by atoms with Crippen molar-refractivity contribution in [2.45, 2.75) is 134 Å². The summed E-state index contributed by atoms with van der Waals surface area (Å²) in [4.78, 5) is 114. The first kappa shape index (κ1) is 74.9. The maximum absolute atomic E-state index is 13.9. The van der Waals surface area contributed by atoms with Crippen molar-refractivity contribution in [3.8, 4) is 28.1 Å². The predicted molar refractivity (Wildman–Crippen MR) is 386 cm³/mol. The third-order valence-corrected chi connectivity index (χ3v) is 22.2. The van der Waals surface area contributed by atoms with Crippen LogP contribution in [0.4, 0.5) is 15.6 Å². The van der Waals surface area contributed by atoms with E-state index in [1.165, 1.54) is 53.8 Å². The van der Waals surface area contributed by atoms with Gasteiger partial charge in [0.2, 0.25) is 11.8 Å². The molecule has 28 nitrogen and oxygen atoms in total. The Morgan fingerprint density at radius 2 is 1.54 bits per heavy atom. The molecule has 105 heavy (non-hydrogen) atoms. The number of aromatic nitrogens is 4. The standard InChI is InChI=1S/C75H83N9O19S2/c1-44-52(48-20-21-53(79-63(48)69(95)96)47-19-18-46-12-9-13-49(50(46)34-47)67(92)81-70-80-54-14-6-7-15-58(54)104-70)36-77-84(44)43-74-38-72(2)37-73(3,39-74)41-75(40-72,42-74)102-31-28-82(29-32-105(98,99)100)71(97)101-30-10-11-45-17-22-56(103-57-35-51(68(93)94)64(89)66(91)65(57)90)55(33-45)78-60(86)25-26-76-59(85)16-5-4-8-27-83-61(87)23-24-62(83)88/h6-7,9-15,17-24,33-34,36,51,57,64-66,89-91H,4-5,8,16,25-32,35,37-43H2,1-3H3,(H,76,85)(H,78,86)(H,93,94)(H,95,96)(H,80,81,92)(H,98,99,100)/b11-10+/t51-,57+,64+,65-,66-,72?,73?,74?,75?/m0/s1. The van der Waals surface area contributed by atoms with E-state index in [0.717, 1.165) is 63.2 Å². The smallest absolute Gasteiger partial charge is 0.410 e. The molecule has 0 saturated heterocycles. The van der Waals surface area contributed by atoms with Crippen molar-refractivity contribution in [1.82, 2.24) is 34.9 Å². The van der Waals surface area contributed by atoms with Crippen LogP contribution in [0.2, 0.25) is 0 Å². The van der Waals surface area contributed by atoms with Crippen molar-refractivity contribution in [2.75, 3.05) is 55.8 Å². The van der Waals surface area contributed by atoms with Gasteiger partial charge in [0.1, 0.15) is 30.7 Å². The van der Waals surface area contributed by atoms with Gasteiger partial charge in [-0.05, 0) is 145 Å². The number of carboxylic acids is 2. The zero-order valence-electron chi connectivity index (χ0n) is 58.1. The van der Waals surface area contributed by atoms with Gasteiger partial charge in [0.25, 0.3) is 27.8 Å². The SMILES string of the molecule is Cc1c(-c2ccc(-c3ccc4cccc(C(=O)Nc5nc6ccccc6s5)c4c3)nc2C(=O)O)cnn1CC12CC3(C)CC(C)(C1)CC(OCCN(CCS(=O)(=O)O)C(=O)OC/C=C/c1ccc(O[C@@H]4C[C@H](C(=O)O)[C@@H](O)[C@H](O)[C@H]4O)c(NC(=O)CCNC(=O)CCCCCN4C(=O)C=CC4=O)c1)(C3)C2. The number of nitrogens with zero attached hydrogens (tertiary/aromatic N) is 6. The molecule has 5 aliphatic carbocycles. The average molecular weight is 1480 g/mol. The number of fused-ring (bicyclic) bond motifs is 2. The van der Waals surface area contributed by atoms with Gasteiger partial charge in [-0.2, -0.15) is 13.5 Å². The summed E-state index contributed by atoms with van der Waals surface area (Å²) in [6, 6.07) is 26.5. The maximum atomic E-state index is 13.9. The third-order valence-electron chi connectivity index (χ3n) is 20.5. The van der Waals surface area contributed by atoms with Gasteiger partial charge in [-0.25, -0.2) is 19.6 Å². The Bertz CT molecular complexity index is 4680. The van der Waals surface area contributed by atoms with Crippen LogP contribution in [0, 0.1) is 29.1 Å². The molecule has 9 N–H and O–H groups in total. The van der Waals surface area contributed by atoms with E-state index in [4.69, 9.17) is 24.3 Å². The number of rotatable bonds is 30. The van der Waals surface area contributed by atoms with Gasteiger partial charge in [-0.3, -0.25) is 48.2 Å². The first-order valence-corrected chi connectivity index (χ1v) is 37.2. The topological polar surface area (TPSA) is 406 Å². The zero-order chi connectivity index (χ0) is 74.8. The number of carbonyl (C=O) groups excluding carboxylic acids is 6. The molecule has 4 heterocycles. The van der Waals surface area contributed by atoms with Crippen molar-refractivity contribution >= 4 is 107 Å². The summed E-state index contributed by atoms with van der Waals surface area (Å²) in [5, 5.41) is 67.5.